The Balaban J connectivity index is 1.90. The van der Waals surface area contributed by atoms with Crippen molar-refractivity contribution in [2.45, 2.75) is 90.0 Å². The lowest BCUT2D eigenvalue weighted by atomic mass is 9.74. The van der Waals surface area contributed by atoms with Crippen LogP contribution in [-0.2, 0) is 0 Å². The lowest BCUT2D eigenvalue weighted by Gasteiger charge is -2.35. The SMILES string of the molecule is CCCC1CCC(C(NN)C2=CCCCCCC2)CC1. The van der Waals surface area contributed by atoms with Gasteiger partial charge in [-0.2, -0.15) is 0 Å². The lowest BCUT2D eigenvalue weighted by Crippen LogP contribution is -2.43. The maximum Gasteiger partial charge on any atom is 0.0447 e. The third-order valence-electron chi connectivity index (χ3n) is 5.46. The molecule has 2 rings (SSSR count). The highest BCUT2D eigenvalue weighted by Gasteiger charge is 2.28. The Morgan fingerprint density at radius 3 is 2.60 bits per heavy atom. The molecule has 0 heterocycles. The predicted octanol–water partition coefficient (Wildman–Crippen LogP) is 4.71. The third kappa shape index (κ3) is 4.60. The van der Waals surface area contributed by atoms with E-state index >= 15 is 0 Å². The normalized spacial score (nSPS) is 30.2. The molecule has 2 aliphatic carbocycles. The molecule has 1 fully saturated rings. The first-order valence-electron chi connectivity index (χ1n) is 9.00. The molecule has 3 N–H and O–H groups in total. The van der Waals surface area contributed by atoms with Crippen molar-refractivity contribution in [1.29, 1.82) is 0 Å². The van der Waals surface area contributed by atoms with Gasteiger partial charge in [-0.1, -0.05) is 57.1 Å². The molecule has 0 aromatic heterocycles. The molecule has 2 heteroatoms. The molecule has 0 amide bonds. The highest BCUT2D eigenvalue weighted by Crippen LogP contribution is 2.36. The van der Waals surface area contributed by atoms with Crippen molar-refractivity contribution < 1.29 is 0 Å². The van der Waals surface area contributed by atoms with Gasteiger partial charge in [0.2, 0.25) is 0 Å². The van der Waals surface area contributed by atoms with Crippen molar-refractivity contribution in [2.75, 3.05) is 0 Å². The first-order chi connectivity index (χ1) is 9.85. The molecule has 0 spiro atoms. The monoisotopic (exact) mass is 278 g/mol. The fraction of sp³-hybridized carbons (Fsp3) is 0.889. The quantitative estimate of drug-likeness (QED) is 0.434. The standard InChI is InChI=1S/C18H34N2/c1-2-8-15-11-13-17(14-12-15)18(20-19)16-9-6-4-3-5-7-10-16/h9,15,17-18,20H,2-8,10-14,19H2,1H3. The largest absolute Gasteiger partial charge is 0.271 e. The average Bonchev–Trinajstić information content (AvgIpc) is 2.43. The van der Waals surface area contributed by atoms with E-state index in [1.807, 2.05) is 0 Å². The fourth-order valence-electron chi connectivity index (χ4n) is 4.26. The van der Waals surface area contributed by atoms with Gasteiger partial charge in [-0.05, 0) is 50.4 Å². The Morgan fingerprint density at radius 1 is 1.15 bits per heavy atom. The van der Waals surface area contributed by atoms with Crippen LogP contribution in [0.4, 0.5) is 0 Å². The topological polar surface area (TPSA) is 38.0 Å². The smallest absolute Gasteiger partial charge is 0.0447 e. The van der Waals surface area contributed by atoms with Gasteiger partial charge in [-0.25, -0.2) is 0 Å². The molecular weight excluding hydrogens is 244 g/mol. The third-order valence-corrected chi connectivity index (χ3v) is 5.46. The number of rotatable bonds is 5. The van der Waals surface area contributed by atoms with Gasteiger partial charge >= 0.3 is 0 Å². The van der Waals surface area contributed by atoms with Crippen LogP contribution >= 0.6 is 0 Å². The van der Waals surface area contributed by atoms with Gasteiger partial charge in [0.15, 0.2) is 0 Å². The highest BCUT2D eigenvalue weighted by atomic mass is 15.2. The van der Waals surface area contributed by atoms with Gasteiger partial charge in [0.1, 0.15) is 0 Å². The number of hydrazine groups is 1. The molecule has 0 aromatic carbocycles. The Hall–Kier alpha value is -0.340. The van der Waals surface area contributed by atoms with Crippen molar-refractivity contribution in [1.82, 2.24) is 5.43 Å². The molecule has 0 bridgehead atoms. The summed E-state index contributed by atoms with van der Waals surface area (Å²) in [6.07, 6.45) is 18.9. The van der Waals surface area contributed by atoms with Crippen molar-refractivity contribution in [2.24, 2.45) is 17.7 Å². The molecule has 2 nitrogen and oxygen atoms in total. The maximum atomic E-state index is 5.93. The molecule has 1 unspecified atom stereocenters. The number of nitrogens with one attached hydrogen (secondary N) is 1. The van der Waals surface area contributed by atoms with Gasteiger partial charge in [-0.3, -0.25) is 11.3 Å². The summed E-state index contributed by atoms with van der Waals surface area (Å²) in [7, 11) is 0. The van der Waals surface area contributed by atoms with E-state index in [-0.39, 0.29) is 0 Å². The van der Waals surface area contributed by atoms with Crippen molar-refractivity contribution in [3.05, 3.63) is 11.6 Å². The van der Waals surface area contributed by atoms with Crippen LogP contribution in [0.3, 0.4) is 0 Å². The van der Waals surface area contributed by atoms with Crippen LogP contribution in [0.1, 0.15) is 84.0 Å². The molecule has 1 saturated carbocycles. The fourth-order valence-corrected chi connectivity index (χ4v) is 4.26. The van der Waals surface area contributed by atoms with E-state index in [0.717, 1.165) is 11.8 Å². The van der Waals surface area contributed by atoms with Gasteiger partial charge in [0.25, 0.3) is 0 Å². The number of hydrogen-bond donors (Lipinski definition) is 2. The molecule has 0 aliphatic heterocycles. The second-order valence-corrected chi connectivity index (χ2v) is 6.95. The first-order valence-corrected chi connectivity index (χ1v) is 9.00. The van der Waals surface area contributed by atoms with Crippen LogP contribution in [0.2, 0.25) is 0 Å². The minimum absolute atomic E-state index is 0.454. The van der Waals surface area contributed by atoms with Crippen molar-refractivity contribution in [3.8, 4) is 0 Å². The summed E-state index contributed by atoms with van der Waals surface area (Å²) in [4.78, 5) is 0. The second kappa shape index (κ2) is 8.84. The van der Waals surface area contributed by atoms with E-state index in [4.69, 9.17) is 5.84 Å². The summed E-state index contributed by atoms with van der Waals surface area (Å²) in [6, 6.07) is 0.454. The summed E-state index contributed by atoms with van der Waals surface area (Å²) in [5.74, 6) is 7.69. The molecule has 116 valence electrons. The predicted molar refractivity (Wildman–Crippen MR) is 87.3 cm³/mol. The van der Waals surface area contributed by atoms with Crippen LogP contribution in [0.25, 0.3) is 0 Å². The Bertz CT molecular complexity index is 290. The number of allylic oxidation sites excluding steroid dienone is 1. The number of nitrogens with two attached hydrogens (primary N) is 1. The van der Waals surface area contributed by atoms with Crippen molar-refractivity contribution >= 4 is 0 Å². The van der Waals surface area contributed by atoms with Crippen LogP contribution in [0.15, 0.2) is 11.6 Å². The van der Waals surface area contributed by atoms with Crippen molar-refractivity contribution in [3.63, 3.8) is 0 Å². The Kier molecular flexibility index (Phi) is 7.09. The molecular formula is C18H34N2. The zero-order valence-corrected chi connectivity index (χ0v) is 13.4. The van der Waals surface area contributed by atoms with E-state index in [0.29, 0.717) is 6.04 Å². The first kappa shape index (κ1) is 16.0. The zero-order chi connectivity index (χ0) is 14.2. The lowest BCUT2D eigenvalue weighted by molar-refractivity contribution is 0.226. The van der Waals surface area contributed by atoms with Crippen LogP contribution in [0, 0.1) is 11.8 Å². The average molecular weight is 278 g/mol. The summed E-state index contributed by atoms with van der Waals surface area (Å²) >= 11 is 0. The highest BCUT2D eigenvalue weighted by molar-refractivity contribution is 5.13. The summed E-state index contributed by atoms with van der Waals surface area (Å²) < 4.78 is 0. The second-order valence-electron chi connectivity index (χ2n) is 6.95. The van der Waals surface area contributed by atoms with E-state index in [2.05, 4.69) is 18.4 Å². The van der Waals surface area contributed by atoms with E-state index in [1.165, 1.54) is 77.0 Å². The van der Waals surface area contributed by atoms with E-state index in [9.17, 15) is 0 Å². The Morgan fingerprint density at radius 2 is 1.90 bits per heavy atom. The minimum Gasteiger partial charge on any atom is -0.271 e. The number of hydrogen-bond acceptors (Lipinski definition) is 2. The van der Waals surface area contributed by atoms with Gasteiger partial charge in [-0.15, -0.1) is 0 Å². The van der Waals surface area contributed by atoms with E-state index in [1.54, 1.807) is 5.57 Å². The Labute approximate surface area is 125 Å². The van der Waals surface area contributed by atoms with Gasteiger partial charge < -0.3 is 0 Å². The summed E-state index contributed by atoms with van der Waals surface area (Å²) in [5.41, 5.74) is 4.79. The molecule has 1 atom stereocenters. The minimum atomic E-state index is 0.454. The van der Waals surface area contributed by atoms with Gasteiger partial charge in [0.05, 0.1) is 0 Å². The van der Waals surface area contributed by atoms with Crippen LogP contribution < -0.4 is 11.3 Å². The molecule has 2 aliphatic rings. The van der Waals surface area contributed by atoms with E-state index < -0.39 is 0 Å². The summed E-state index contributed by atoms with van der Waals surface area (Å²) in [6.45, 7) is 2.32. The molecule has 0 saturated heterocycles. The maximum absolute atomic E-state index is 5.93. The van der Waals surface area contributed by atoms with Crippen LogP contribution in [-0.4, -0.2) is 6.04 Å². The molecule has 0 radical (unpaired) electrons. The summed E-state index contributed by atoms with van der Waals surface area (Å²) in [5, 5.41) is 0. The molecule has 20 heavy (non-hydrogen) atoms. The molecule has 0 aromatic rings. The van der Waals surface area contributed by atoms with Gasteiger partial charge in [0, 0.05) is 6.04 Å². The zero-order valence-electron chi connectivity index (χ0n) is 13.4. The van der Waals surface area contributed by atoms with Crippen LogP contribution in [0.5, 0.6) is 0 Å².